The van der Waals surface area contributed by atoms with E-state index in [0.29, 0.717) is 11.1 Å². The average Bonchev–Trinajstić information content (AvgIpc) is 2.35. The van der Waals surface area contributed by atoms with E-state index in [1.165, 1.54) is 18.3 Å². The Hall–Kier alpha value is -2.31. The van der Waals surface area contributed by atoms with Crippen molar-refractivity contribution >= 4 is 22.3 Å². The lowest BCUT2D eigenvalue weighted by Gasteiger charge is -2.08. The van der Waals surface area contributed by atoms with Crippen LogP contribution in [-0.2, 0) is 0 Å². The predicted molar refractivity (Wildman–Crippen MR) is 62.9 cm³/mol. The third-order valence-electron chi connectivity index (χ3n) is 2.39. The number of hydrogen-bond acceptors (Lipinski definition) is 4. The van der Waals surface area contributed by atoms with Gasteiger partial charge in [0.15, 0.2) is 0 Å². The minimum atomic E-state index is -2.49. The number of alkyl halides is 2. The number of rotatable bonds is 4. The number of nitro groups is 1. The van der Waals surface area contributed by atoms with Crippen molar-refractivity contribution in [1.29, 1.82) is 0 Å². The summed E-state index contributed by atoms with van der Waals surface area (Å²) in [6.07, 6.45) is -1.07. The normalized spacial score (nSPS) is 10.8. The number of halogens is 2. The van der Waals surface area contributed by atoms with Crippen molar-refractivity contribution in [3.8, 4) is 0 Å². The fraction of sp³-hybridized carbons (Fsp3) is 0.182. The Balaban J connectivity index is 2.50. The number of benzene rings is 1. The Bertz CT molecular complexity index is 590. The van der Waals surface area contributed by atoms with Crippen LogP contribution in [0.3, 0.4) is 0 Å². The van der Waals surface area contributed by atoms with Gasteiger partial charge < -0.3 is 5.32 Å². The maximum atomic E-state index is 12.1. The molecular weight excluding hydrogens is 244 g/mol. The van der Waals surface area contributed by atoms with Gasteiger partial charge in [0, 0.05) is 23.3 Å². The smallest absolute Gasteiger partial charge is 0.295 e. The number of pyridine rings is 1. The Labute approximate surface area is 101 Å². The van der Waals surface area contributed by atoms with Gasteiger partial charge in [-0.25, -0.2) is 13.8 Å². The number of fused-ring (bicyclic) bond motifs is 1. The Morgan fingerprint density at radius 3 is 2.83 bits per heavy atom. The molecule has 0 fully saturated rings. The van der Waals surface area contributed by atoms with Crippen LogP contribution in [0.5, 0.6) is 0 Å². The van der Waals surface area contributed by atoms with Crippen LogP contribution in [0, 0.1) is 10.1 Å². The maximum absolute atomic E-state index is 12.1. The zero-order chi connectivity index (χ0) is 13.1. The van der Waals surface area contributed by atoms with Crippen molar-refractivity contribution in [3.63, 3.8) is 0 Å². The molecule has 0 unspecified atom stereocenters. The molecule has 7 heteroatoms. The quantitative estimate of drug-likeness (QED) is 0.672. The summed E-state index contributed by atoms with van der Waals surface area (Å²) in [5.41, 5.74) is 0.443. The van der Waals surface area contributed by atoms with Crippen molar-refractivity contribution in [2.45, 2.75) is 6.43 Å². The molecule has 0 aliphatic carbocycles. The highest BCUT2D eigenvalue weighted by Crippen LogP contribution is 2.29. The average molecular weight is 253 g/mol. The molecule has 0 atom stereocenters. The lowest BCUT2D eigenvalue weighted by Crippen LogP contribution is -2.10. The molecule has 5 nitrogen and oxygen atoms in total. The molecule has 0 aliphatic rings. The van der Waals surface area contributed by atoms with Gasteiger partial charge in [-0.1, -0.05) is 0 Å². The Morgan fingerprint density at radius 2 is 2.17 bits per heavy atom. The van der Waals surface area contributed by atoms with Gasteiger partial charge in [-0.05, 0) is 18.2 Å². The molecule has 1 N–H and O–H groups in total. The van der Waals surface area contributed by atoms with E-state index in [1.54, 1.807) is 12.1 Å². The summed E-state index contributed by atoms with van der Waals surface area (Å²) in [5.74, 6) is 0. The minimum absolute atomic E-state index is 0.145. The van der Waals surface area contributed by atoms with Crippen molar-refractivity contribution < 1.29 is 13.7 Å². The molecular formula is C11H9F2N3O2. The van der Waals surface area contributed by atoms with Crippen LogP contribution in [0.1, 0.15) is 0 Å². The van der Waals surface area contributed by atoms with Crippen LogP contribution in [0.15, 0.2) is 30.5 Å². The van der Waals surface area contributed by atoms with E-state index in [2.05, 4.69) is 10.3 Å². The highest BCUT2D eigenvalue weighted by molar-refractivity contribution is 5.96. The predicted octanol–water partition coefficient (Wildman–Crippen LogP) is 2.82. The van der Waals surface area contributed by atoms with E-state index in [9.17, 15) is 18.9 Å². The van der Waals surface area contributed by atoms with Crippen molar-refractivity contribution in [1.82, 2.24) is 4.98 Å². The molecule has 1 heterocycles. The topological polar surface area (TPSA) is 68.1 Å². The summed E-state index contributed by atoms with van der Waals surface area (Å²) in [6, 6.07) is 5.86. The minimum Gasteiger partial charge on any atom is -0.379 e. The number of non-ortho nitro benzene ring substituents is 1. The van der Waals surface area contributed by atoms with Crippen molar-refractivity contribution in [3.05, 3.63) is 40.6 Å². The SMILES string of the molecule is O=[N+]([O-])c1ccc(NCC(F)F)c2cccnc12. The van der Waals surface area contributed by atoms with Gasteiger partial charge in [0.05, 0.1) is 11.5 Å². The van der Waals surface area contributed by atoms with E-state index >= 15 is 0 Å². The molecule has 0 saturated heterocycles. The van der Waals surface area contributed by atoms with Gasteiger partial charge in [-0.3, -0.25) is 10.1 Å². The zero-order valence-electron chi connectivity index (χ0n) is 9.14. The first-order chi connectivity index (χ1) is 8.59. The highest BCUT2D eigenvalue weighted by Gasteiger charge is 2.15. The van der Waals surface area contributed by atoms with Crippen LogP contribution >= 0.6 is 0 Å². The van der Waals surface area contributed by atoms with Crippen molar-refractivity contribution in [2.24, 2.45) is 0 Å². The van der Waals surface area contributed by atoms with E-state index in [-0.39, 0.29) is 11.2 Å². The molecule has 18 heavy (non-hydrogen) atoms. The van der Waals surface area contributed by atoms with Crippen LogP contribution in [0.4, 0.5) is 20.2 Å². The first-order valence-corrected chi connectivity index (χ1v) is 5.13. The summed E-state index contributed by atoms with van der Waals surface area (Å²) >= 11 is 0. The molecule has 1 aromatic carbocycles. The first-order valence-electron chi connectivity index (χ1n) is 5.13. The van der Waals surface area contributed by atoms with Gasteiger partial charge >= 0.3 is 0 Å². The fourth-order valence-electron chi connectivity index (χ4n) is 1.65. The second-order valence-corrected chi connectivity index (χ2v) is 3.56. The number of nitro benzene ring substituents is 1. The zero-order valence-corrected chi connectivity index (χ0v) is 9.14. The number of aromatic nitrogens is 1. The van der Waals surface area contributed by atoms with Crippen LogP contribution in [-0.4, -0.2) is 22.9 Å². The largest absolute Gasteiger partial charge is 0.379 e. The molecule has 1 aromatic heterocycles. The molecule has 0 aliphatic heterocycles. The molecule has 0 saturated carbocycles. The monoisotopic (exact) mass is 253 g/mol. The molecule has 0 amide bonds. The number of nitrogens with zero attached hydrogens (tertiary/aromatic N) is 2. The fourth-order valence-corrected chi connectivity index (χ4v) is 1.65. The highest BCUT2D eigenvalue weighted by atomic mass is 19.3. The molecule has 0 spiro atoms. The van der Waals surface area contributed by atoms with Crippen LogP contribution in [0.2, 0.25) is 0 Å². The number of anilines is 1. The summed E-state index contributed by atoms with van der Waals surface area (Å²) in [6.45, 7) is -0.512. The first kappa shape index (κ1) is 12.2. The van der Waals surface area contributed by atoms with E-state index in [1.807, 2.05) is 0 Å². The third-order valence-corrected chi connectivity index (χ3v) is 2.39. The van der Waals surface area contributed by atoms with Gasteiger partial charge in [-0.15, -0.1) is 0 Å². The maximum Gasteiger partial charge on any atom is 0.295 e. The van der Waals surface area contributed by atoms with Crippen molar-refractivity contribution in [2.75, 3.05) is 11.9 Å². The van der Waals surface area contributed by atoms with Gasteiger partial charge in [0.2, 0.25) is 0 Å². The van der Waals surface area contributed by atoms with Gasteiger partial charge in [0.1, 0.15) is 5.52 Å². The summed E-state index contributed by atoms with van der Waals surface area (Å²) < 4.78 is 24.3. The lowest BCUT2D eigenvalue weighted by atomic mass is 10.1. The molecule has 2 aromatic rings. The number of nitrogens with one attached hydrogen (secondary N) is 1. The van der Waals surface area contributed by atoms with Gasteiger partial charge in [-0.2, -0.15) is 0 Å². The van der Waals surface area contributed by atoms with Gasteiger partial charge in [0.25, 0.3) is 12.1 Å². The van der Waals surface area contributed by atoms with Crippen LogP contribution in [0.25, 0.3) is 10.9 Å². The molecule has 94 valence electrons. The molecule has 0 radical (unpaired) electrons. The lowest BCUT2D eigenvalue weighted by molar-refractivity contribution is -0.383. The molecule has 2 rings (SSSR count). The Kier molecular flexibility index (Phi) is 3.31. The Morgan fingerprint density at radius 1 is 1.39 bits per heavy atom. The summed E-state index contributed by atoms with van der Waals surface area (Å²) in [4.78, 5) is 14.2. The summed E-state index contributed by atoms with van der Waals surface area (Å²) in [7, 11) is 0. The second kappa shape index (κ2) is 4.91. The number of hydrogen-bond donors (Lipinski definition) is 1. The van der Waals surface area contributed by atoms with E-state index < -0.39 is 17.9 Å². The molecule has 0 bridgehead atoms. The van der Waals surface area contributed by atoms with Crippen LogP contribution < -0.4 is 5.32 Å². The van der Waals surface area contributed by atoms with E-state index in [0.717, 1.165) is 0 Å². The summed E-state index contributed by atoms with van der Waals surface area (Å²) in [5, 5.41) is 13.8. The third kappa shape index (κ3) is 2.34. The van der Waals surface area contributed by atoms with E-state index in [4.69, 9.17) is 0 Å². The second-order valence-electron chi connectivity index (χ2n) is 3.56. The standard InChI is InChI=1S/C11H9F2N3O2/c12-10(13)6-15-8-3-4-9(16(17)18)11-7(8)2-1-5-14-11/h1-5,10,15H,6H2.